The molecule has 88 valence electrons. The highest BCUT2D eigenvalue weighted by atomic mass is 35.7. The molecule has 1 aliphatic heterocycles. The SMILES string of the molecule is N#CC(=C1CCNCC1)c1ccc(SCl)cc1. The van der Waals surface area contributed by atoms with Crippen molar-refractivity contribution in [2.45, 2.75) is 17.7 Å². The second-order valence-corrected chi connectivity index (χ2v) is 5.03. The minimum Gasteiger partial charge on any atom is -0.316 e. The summed E-state index contributed by atoms with van der Waals surface area (Å²) in [5.74, 6) is 0. The van der Waals surface area contributed by atoms with Crippen molar-refractivity contribution < 1.29 is 0 Å². The van der Waals surface area contributed by atoms with Crippen LogP contribution >= 0.6 is 21.7 Å². The maximum Gasteiger partial charge on any atom is 0.0997 e. The molecular formula is C13H13ClN2S. The Morgan fingerprint density at radius 1 is 1.24 bits per heavy atom. The number of hydrogen-bond acceptors (Lipinski definition) is 3. The Hall–Kier alpha value is -0.950. The van der Waals surface area contributed by atoms with Gasteiger partial charge in [0.05, 0.1) is 11.6 Å². The van der Waals surface area contributed by atoms with Crippen LogP contribution in [0.15, 0.2) is 34.7 Å². The molecule has 1 aromatic rings. The molecule has 0 aliphatic carbocycles. The fraction of sp³-hybridized carbons (Fsp3) is 0.308. The lowest BCUT2D eigenvalue weighted by atomic mass is 9.95. The minimum absolute atomic E-state index is 0.831. The van der Waals surface area contributed by atoms with Gasteiger partial charge in [0.15, 0.2) is 0 Å². The number of piperidine rings is 1. The van der Waals surface area contributed by atoms with Gasteiger partial charge in [-0.15, -0.1) is 0 Å². The van der Waals surface area contributed by atoms with Crippen LogP contribution in [0.2, 0.25) is 0 Å². The topological polar surface area (TPSA) is 35.8 Å². The van der Waals surface area contributed by atoms with Crippen LogP contribution in [0.25, 0.3) is 5.57 Å². The molecule has 0 radical (unpaired) electrons. The van der Waals surface area contributed by atoms with E-state index in [1.54, 1.807) is 0 Å². The Labute approximate surface area is 110 Å². The van der Waals surface area contributed by atoms with Crippen molar-refractivity contribution >= 4 is 27.2 Å². The smallest absolute Gasteiger partial charge is 0.0997 e. The molecule has 0 aromatic heterocycles. The summed E-state index contributed by atoms with van der Waals surface area (Å²) in [4.78, 5) is 1.00. The zero-order valence-corrected chi connectivity index (χ0v) is 10.9. The Kier molecular flexibility index (Phi) is 4.49. The Balaban J connectivity index is 2.31. The number of hydrogen-bond donors (Lipinski definition) is 1. The first kappa shape index (κ1) is 12.5. The van der Waals surface area contributed by atoms with Crippen LogP contribution in [0, 0.1) is 11.3 Å². The maximum atomic E-state index is 9.30. The third-order valence-electron chi connectivity index (χ3n) is 2.90. The van der Waals surface area contributed by atoms with Crippen molar-refractivity contribution in [3.63, 3.8) is 0 Å². The highest BCUT2D eigenvalue weighted by Gasteiger charge is 2.12. The third-order valence-corrected chi connectivity index (χ3v) is 3.89. The van der Waals surface area contributed by atoms with Crippen LogP contribution in [0.4, 0.5) is 0 Å². The van der Waals surface area contributed by atoms with Crippen LogP contribution in [-0.2, 0) is 0 Å². The van der Waals surface area contributed by atoms with Gasteiger partial charge in [-0.05, 0) is 70.9 Å². The Morgan fingerprint density at radius 3 is 2.41 bits per heavy atom. The molecule has 0 saturated carbocycles. The van der Waals surface area contributed by atoms with E-state index in [9.17, 15) is 5.26 Å². The second-order valence-electron chi connectivity index (χ2n) is 3.94. The normalized spacial score (nSPS) is 15.4. The average molecular weight is 265 g/mol. The molecular weight excluding hydrogens is 252 g/mol. The third kappa shape index (κ3) is 3.04. The number of nitriles is 1. The van der Waals surface area contributed by atoms with Gasteiger partial charge in [-0.2, -0.15) is 5.26 Å². The summed E-state index contributed by atoms with van der Waals surface area (Å²) in [6, 6.07) is 10.2. The van der Waals surface area contributed by atoms with Crippen LogP contribution in [-0.4, -0.2) is 13.1 Å². The maximum absolute atomic E-state index is 9.30. The van der Waals surface area contributed by atoms with Gasteiger partial charge in [0, 0.05) is 4.90 Å². The molecule has 2 nitrogen and oxygen atoms in total. The number of nitrogens with zero attached hydrogens (tertiary/aromatic N) is 1. The van der Waals surface area contributed by atoms with Gasteiger partial charge >= 0.3 is 0 Å². The van der Waals surface area contributed by atoms with Gasteiger partial charge in [-0.3, -0.25) is 0 Å². The molecule has 0 amide bonds. The van der Waals surface area contributed by atoms with E-state index in [-0.39, 0.29) is 0 Å². The van der Waals surface area contributed by atoms with Crippen LogP contribution in [0.5, 0.6) is 0 Å². The van der Waals surface area contributed by atoms with Gasteiger partial charge in [0.2, 0.25) is 0 Å². The number of benzene rings is 1. The van der Waals surface area contributed by atoms with Gasteiger partial charge in [-0.1, -0.05) is 12.1 Å². The van der Waals surface area contributed by atoms with E-state index in [2.05, 4.69) is 11.4 Å². The molecule has 0 unspecified atom stereocenters. The zero-order valence-electron chi connectivity index (χ0n) is 9.37. The highest BCUT2D eigenvalue weighted by molar-refractivity contribution is 8.21. The second kappa shape index (κ2) is 6.11. The van der Waals surface area contributed by atoms with E-state index in [1.807, 2.05) is 24.3 Å². The monoisotopic (exact) mass is 264 g/mol. The van der Waals surface area contributed by atoms with Gasteiger partial charge in [0.1, 0.15) is 0 Å². The van der Waals surface area contributed by atoms with E-state index in [0.717, 1.165) is 42.0 Å². The molecule has 1 saturated heterocycles. The zero-order chi connectivity index (χ0) is 12.1. The summed E-state index contributed by atoms with van der Waals surface area (Å²) in [5, 5.41) is 12.6. The molecule has 1 aromatic carbocycles. The lowest BCUT2D eigenvalue weighted by molar-refractivity contribution is 0.612. The number of nitrogens with one attached hydrogen (secondary N) is 1. The van der Waals surface area contributed by atoms with Crippen molar-refractivity contribution in [2.24, 2.45) is 0 Å². The molecule has 0 spiro atoms. The quantitative estimate of drug-likeness (QED) is 0.829. The lowest BCUT2D eigenvalue weighted by Crippen LogP contribution is -2.23. The number of halogens is 1. The largest absolute Gasteiger partial charge is 0.316 e. The first-order valence-electron chi connectivity index (χ1n) is 5.57. The number of rotatable bonds is 2. The van der Waals surface area contributed by atoms with Crippen molar-refractivity contribution in [2.75, 3.05) is 13.1 Å². The molecule has 17 heavy (non-hydrogen) atoms. The van der Waals surface area contributed by atoms with Gasteiger partial charge in [-0.25, -0.2) is 0 Å². The lowest BCUT2D eigenvalue weighted by Gasteiger charge is -2.17. The van der Waals surface area contributed by atoms with Crippen molar-refractivity contribution in [1.29, 1.82) is 5.26 Å². The first-order chi connectivity index (χ1) is 8.35. The molecule has 0 bridgehead atoms. The van der Waals surface area contributed by atoms with E-state index < -0.39 is 0 Å². The van der Waals surface area contributed by atoms with Gasteiger partial charge < -0.3 is 5.32 Å². The van der Waals surface area contributed by atoms with Crippen LogP contribution < -0.4 is 5.32 Å². The molecule has 1 aliphatic rings. The fourth-order valence-corrected chi connectivity index (χ4v) is 2.55. The predicted molar refractivity (Wildman–Crippen MR) is 72.8 cm³/mol. The van der Waals surface area contributed by atoms with Crippen molar-refractivity contribution in [1.82, 2.24) is 5.32 Å². The summed E-state index contributed by atoms with van der Waals surface area (Å²) >= 11 is 0. The summed E-state index contributed by atoms with van der Waals surface area (Å²) in [7, 11) is 6.87. The van der Waals surface area contributed by atoms with E-state index in [4.69, 9.17) is 10.7 Å². The molecule has 4 heteroatoms. The number of allylic oxidation sites excluding steroid dienone is 1. The minimum atomic E-state index is 0.831. The first-order valence-corrected chi connectivity index (χ1v) is 7.21. The summed E-state index contributed by atoms with van der Waals surface area (Å²) in [6.45, 7) is 1.94. The average Bonchev–Trinajstić information content (AvgIpc) is 2.42. The fourth-order valence-electron chi connectivity index (χ4n) is 2.00. The van der Waals surface area contributed by atoms with Crippen LogP contribution in [0.1, 0.15) is 18.4 Å². The van der Waals surface area contributed by atoms with Crippen molar-refractivity contribution in [3.8, 4) is 6.07 Å². The van der Waals surface area contributed by atoms with E-state index in [1.165, 1.54) is 16.5 Å². The highest BCUT2D eigenvalue weighted by Crippen LogP contribution is 2.27. The molecule has 0 atom stereocenters. The standard InChI is InChI=1S/C13H13ClN2S/c14-17-12-3-1-10(2-4-12)13(9-15)11-5-7-16-8-6-11/h1-4,16H,5-8H2. The Morgan fingerprint density at radius 2 is 1.88 bits per heavy atom. The molecule has 1 heterocycles. The molecule has 2 rings (SSSR count). The van der Waals surface area contributed by atoms with Gasteiger partial charge in [0.25, 0.3) is 0 Å². The van der Waals surface area contributed by atoms with E-state index >= 15 is 0 Å². The van der Waals surface area contributed by atoms with E-state index in [0.29, 0.717) is 0 Å². The van der Waals surface area contributed by atoms with Crippen LogP contribution in [0.3, 0.4) is 0 Å². The molecule has 1 N–H and O–H groups in total. The molecule has 1 fully saturated rings. The summed E-state index contributed by atoms with van der Waals surface area (Å²) in [6.07, 6.45) is 1.93. The summed E-state index contributed by atoms with van der Waals surface area (Å²) in [5.41, 5.74) is 3.09. The Bertz CT molecular complexity index is 451. The van der Waals surface area contributed by atoms with Crippen molar-refractivity contribution in [3.05, 3.63) is 35.4 Å². The summed E-state index contributed by atoms with van der Waals surface area (Å²) < 4.78 is 0. The predicted octanol–water partition coefficient (Wildman–Crippen LogP) is 3.59.